The lowest BCUT2D eigenvalue weighted by molar-refractivity contribution is -0.116. The number of carbonyl (C=O) groups excluding carboxylic acids is 1. The Kier molecular flexibility index (Phi) is 6.22. The molecule has 1 amide bonds. The fourth-order valence-corrected chi connectivity index (χ4v) is 3.20. The molecule has 2 aromatic carbocycles. The third-order valence-electron chi connectivity index (χ3n) is 4.63. The van der Waals surface area contributed by atoms with Crippen molar-refractivity contribution in [2.24, 2.45) is 0 Å². The predicted octanol–water partition coefficient (Wildman–Crippen LogP) is 4.26. The number of hydrogen-bond acceptors (Lipinski definition) is 3. The molecule has 1 aromatic heterocycles. The van der Waals surface area contributed by atoms with E-state index >= 15 is 0 Å². The third-order valence-corrected chi connectivity index (χ3v) is 4.63. The molecule has 0 saturated carbocycles. The van der Waals surface area contributed by atoms with Crippen LogP contribution in [0, 0.1) is 19.7 Å². The number of nitrogens with one attached hydrogen (secondary N) is 1. The van der Waals surface area contributed by atoms with E-state index < -0.39 is 0 Å². The van der Waals surface area contributed by atoms with Crippen molar-refractivity contribution in [3.05, 3.63) is 81.5 Å². The zero-order valence-corrected chi connectivity index (χ0v) is 16.8. The molecule has 6 heteroatoms. The van der Waals surface area contributed by atoms with E-state index in [-0.39, 0.29) is 23.8 Å². The molecule has 0 atom stereocenters. The van der Waals surface area contributed by atoms with Gasteiger partial charge in [0.05, 0.1) is 0 Å². The first-order valence-electron chi connectivity index (χ1n) is 9.61. The summed E-state index contributed by atoms with van der Waals surface area (Å²) in [5.74, 6) is -0.343. The van der Waals surface area contributed by atoms with Gasteiger partial charge >= 0.3 is 0 Å². The Morgan fingerprint density at radius 1 is 1.10 bits per heavy atom. The van der Waals surface area contributed by atoms with Gasteiger partial charge in [-0.25, -0.2) is 9.37 Å². The minimum Gasteiger partial charge on any atom is -0.324 e. The minimum atomic E-state index is -0.375. The summed E-state index contributed by atoms with van der Waals surface area (Å²) in [7, 11) is 0. The summed E-state index contributed by atoms with van der Waals surface area (Å²) in [6.45, 7) is 5.72. The summed E-state index contributed by atoms with van der Waals surface area (Å²) in [6, 6.07) is 12.9. The highest BCUT2D eigenvalue weighted by Gasteiger charge is 2.15. The van der Waals surface area contributed by atoms with E-state index in [2.05, 4.69) is 10.3 Å². The molecule has 0 unspecified atom stereocenters. The summed E-state index contributed by atoms with van der Waals surface area (Å²) in [5, 5.41) is 2.85. The van der Waals surface area contributed by atoms with E-state index in [1.807, 2.05) is 39.0 Å². The highest BCUT2D eigenvalue weighted by atomic mass is 19.1. The number of anilines is 1. The van der Waals surface area contributed by atoms with Gasteiger partial charge in [0.25, 0.3) is 5.56 Å². The lowest BCUT2D eigenvalue weighted by Crippen LogP contribution is -2.30. The summed E-state index contributed by atoms with van der Waals surface area (Å²) in [4.78, 5) is 30.0. The van der Waals surface area contributed by atoms with E-state index in [9.17, 15) is 14.0 Å². The van der Waals surface area contributed by atoms with Gasteiger partial charge in [0, 0.05) is 23.0 Å². The van der Waals surface area contributed by atoms with Crippen molar-refractivity contribution in [1.29, 1.82) is 0 Å². The number of halogens is 1. The Hall–Kier alpha value is -3.28. The molecular formula is C23H24FN3O2. The van der Waals surface area contributed by atoms with Gasteiger partial charge in [0.1, 0.15) is 18.2 Å². The highest BCUT2D eigenvalue weighted by Crippen LogP contribution is 2.19. The number of rotatable bonds is 6. The number of aryl methyl sites for hydroxylation is 3. The summed E-state index contributed by atoms with van der Waals surface area (Å²) in [5.41, 5.74) is 3.68. The summed E-state index contributed by atoms with van der Waals surface area (Å²) < 4.78 is 14.7. The highest BCUT2D eigenvalue weighted by molar-refractivity contribution is 5.91. The van der Waals surface area contributed by atoms with Crippen LogP contribution in [0.1, 0.15) is 30.2 Å². The van der Waals surface area contributed by atoms with E-state index in [0.717, 1.165) is 17.5 Å². The minimum absolute atomic E-state index is 0.182. The smallest absolute Gasteiger partial charge is 0.254 e. The number of aromatic nitrogens is 2. The van der Waals surface area contributed by atoms with Crippen LogP contribution in [-0.4, -0.2) is 15.5 Å². The fraction of sp³-hybridized carbons (Fsp3) is 0.261. The number of amides is 1. The Morgan fingerprint density at radius 2 is 1.83 bits per heavy atom. The molecule has 0 aliphatic rings. The molecule has 0 bridgehead atoms. The number of benzene rings is 2. The van der Waals surface area contributed by atoms with Crippen molar-refractivity contribution in [1.82, 2.24) is 9.55 Å². The normalized spacial score (nSPS) is 10.8. The lowest BCUT2D eigenvalue weighted by Gasteiger charge is -2.15. The van der Waals surface area contributed by atoms with Crippen LogP contribution in [0.5, 0.6) is 0 Å². The van der Waals surface area contributed by atoms with Gasteiger partial charge in [-0.1, -0.05) is 31.0 Å². The molecule has 0 aliphatic heterocycles. The maximum absolute atomic E-state index is 13.3. The lowest BCUT2D eigenvalue weighted by atomic mass is 10.1. The van der Waals surface area contributed by atoms with Crippen LogP contribution in [0.25, 0.3) is 11.4 Å². The molecule has 1 N–H and O–H groups in total. The van der Waals surface area contributed by atoms with Crippen LogP contribution in [0.15, 0.2) is 53.3 Å². The molecule has 0 fully saturated rings. The maximum Gasteiger partial charge on any atom is 0.254 e. The Labute approximate surface area is 169 Å². The number of carbonyl (C=O) groups is 1. The Balaban J connectivity index is 1.95. The van der Waals surface area contributed by atoms with Gasteiger partial charge in [0.15, 0.2) is 0 Å². The fourth-order valence-electron chi connectivity index (χ4n) is 3.20. The second-order valence-corrected chi connectivity index (χ2v) is 7.12. The van der Waals surface area contributed by atoms with Crippen LogP contribution in [0.2, 0.25) is 0 Å². The molecular weight excluding hydrogens is 369 g/mol. The SMILES string of the molecule is CCCc1cc(=O)n(CC(=O)Nc2ccc(C)cc2C)c(-c2ccc(F)cc2)n1. The first-order chi connectivity index (χ1) is 13.9. The van der Waals surface area contributed by atoms with Gasteiger partial charge in [-0.15, -0.1) is 0 Å². The zero-order chi connectivity index (χ0) is 21.0. The van der Waals surface area contributed by atoms with Crippen LogP contribution >= 0.6 is 0 Å². The van der Waals surface area contributed by atoms with Crippen LogP contribution in [0.4, 0.5) is 10.1 Å². The largest absolute Gasteiger partial charge is 0.324 e. The monoisotopic (exact) mass is 393 g/mol. The molecule has 29 heavy (non-hydrogen) atoms. The molecule has 3 aromatic rings. The second kappa shape index (κ2) is 8.82. The van der Waals surface area contributed by atoms with Crippen LogP contribution in [-0.2, 0) is 17.8 Å². The molecule has 0 aliphatic carbocycles. The van der Waals surface area contributed by atoms with Crippen molar-refractivity contribution >= 4 is 11.6 Å². The van der Waals surface area contributed by atoms with Crippen molar-refractivity contribution in [3.63, 3.8) is 0 Å². The van der Waals surface area contributed by atoms with E-state index in [0.29, 0.717) is 29.2 Å². The molecule has 0 radical (unpaired) electrons. The first-order valence-corrected chi connectivity index (χ1v) is 9.61. The summed E-state index contributed by atoms with van der Waals surface area (Å²) in [6.07, 6.45) is 1.49. The third kappa shape index (κ3) is 4.96. The van der Waals surface area contributed by atoms with E-state index in [1.54, 1.807) is 12.1 Å². The van der Waals surface area contributed by atoms with Crippen molar-refractivity contribution in [2.45, 2.75) is 40.2 Å². The quantitative estimate of drug-likeness (QED) is 0.681. The molecule has 5 nitrogen and oxygen atoms in total. The van der Waals surface area contributed by atoms with Crippen molar-refractivity contribution in [3.8, 4) is 11.4 Å². The molecule has 0 spiro atoms. The number of hydrogen-bond donors (Lipinski definition) is 1. The average Bonchev–Trinajstić information content (AvgIpc) is 2.67. The Morgan fingerprint density at radius 3 is 2.48 bits per heavy atom. The predicted molar refractivity (Wildman–Crippen MR) is 112 cm³/mol. The van der Waals surface area contributed by atoms with Gasteiger partial charge in [-0.05, 0) is 56.2 Å². The molecule has 150 valence electrons. The van der Waals surface area contributed by atoms with E-state index in [1.165, 1.54) is 22.8 Å². The first kappa shape index (κ1) is 20.5. The second-order valence-electron chi connectivity index (χ2n) is 7.12. The topological polar surface area (TPSA) is 64.0 Å². The Bertz CT molecular complexity index is 1090. The molecule has 1 heterocycles. The van der Waals surface area contributed by atoms with E-state index in [4.69, 9.17) is 0 Å². The van der Waals surface area contributed by atoms with Crippen LogP contribution < -0.4 is 10.9 Å². The molecule has 3 rings (SSSR count). The van der Waals surface area contributed by atoms with Gasteiger partial charge in [-0.2, -0.15) is 0 Å². The van der Waals surface area contributed by atoms with Crippen molar-refractivity contribution < 1.29 is 9.18 Å². The van der Waals surface area contributed by atoms with Crippen LogP contribution in [0.3, 0.4) is 0 Å². The van der Waals surface area contributed by atoms with Gasteiger partial charge < -0.3 is 5.32 Å². The van der Waals surface area contributed by atoms with Gasteiger partial charge in [-0.3, -0.25) is 14.2 Å². The average molecular weight is 393 g/mol. The number of nitrogens with zero attached hydrogens (tertiary/aromatic N) is 2. The molecule has 0 saturated heterocycles. The van der Waals surface area contributed by atoms with Crippen molar-refractivity contribution in [2.75, 3.05) is 5.32 Å². The maximum atomic E-state index is 13.3. The summed E-state index contributed by atoms with van der Waals surface area (Å²) >= 11 is 0. The zero-order valence-electron chi connectivity index (χ0n) is 16.8. The standard InChI is InChI=1S/C23H24FN3O2/c1-4-5-19-13-22(29)27(23(25-19)17-7-9-18(24)10-8-17)14-21(28)26-20-11-6-15(2)12-16(20)3/h6-13H,4-5,14H2,1-3H3,(H,26,28). The van der Waals surface area contributed by atoms with Gasteiger partial charge in [0.2, 0.25) is 5.91 Å².